The van der Waals surface area contributed by atoms with Crippen LogP contribution in [0.15, 0.2) is 29.9 Å². The van der Waals surface area contributed by atoms with Crippen LogP contribution in [-0.4, -0.2) is 36.5 Å². The number of hydrazone groups is 1. The van der Waals surface area contributed by atoms with Gasteiger partial charge in [-0.1, -0.05) is 13.0 Å². The Morgan fingerprint density at radius 2 is 2.29 bits per heavy atom. The Labute approximate surface area is 145 Å². The van der Waals surface area contributed by atoms with E-state index in [0.717, 1.165) is 6.42 Å². The third-order valence-electron chi connectivity index (χ3n) is 2.71. The zero-order chi connectivity index (χ0) is 17.9. The van der Waals surface area contributed by atoms with E-state index in [1.807, 2.05) is 6.92 Å². The van der Waals surface area contributed by atoms with Crippen molar-refractivity contribution in [2.24, 2.45) is 5.10 Å². The normalized spacial score (nSPS) is 10.2. The molecule has 0 aliphatic rings. The summed E-state index contributed by atoms with van der Waals surface area (Å²) in [7, 11) is 1.42. The molecule has 8 nitrogen and oxygen atoms in total. The van der Waals surface area contributed by atoms with Gasteiger partial charge in [-0.25, -0.2) is 0 Å². The highest BCUT2D eigenvalue weighted by Crippen LogP contribution is 2.38. The smallest absolute Gasteiger partial charge is 0.315 e. The summed E-state index contributed by atoms with van der Waals surface area (Å²) >= 11 is 4.98. The number of nitrogens with one attached hydrogen (secondary N) is 2. The molecule has 0 aromatic heterocycles. The van der Waals surface area contributed by atoms with E-state index in [9.17, 15) is 10.1 Å². The number of nitro benzene ring substituents is 1. The number of hydrogen-bond donors (Lipinski definition) is 2. The summed E-state index contributed by atoms with van der Waals surface area (Å²) < 4.78 is 10.6. The first-order valence-electron chi connectivity index (χ1n) is 7.20. The van der Waals surface area contributed by atoms with Gasteiger partial charge in [-0.3, -0.25) is 15.5 Å². The number of thiocarbonyl (C=S) groups is 1. The minimum Gasteiger partial charge on any atom is -0.493 e. The van der Waals surface area contributed by atoms with E-state index in [0.29, 0.717) is 23.8 Å². The lowest BCUT2D eigenvalue weighted by Gasteiger charge is -2.11. The molecule has 0 bridgehead atoms. The van der Waals surface area contributed by atoms with Gasteiger partial charge in [0.15, 0.2) is 10.9 Å². The predicted molar refractivity (Wildman–Crippen MR) is 97.0 cm³/mol. The van der Waals surface area contributed by atoms with Crippen molar-refractivity contribution in [2.75, 3.05) is 20.3 Å². The van der Waals surface area contributed by atoms with Crippen molar-refractivity contribution >= 4 is 29.2 Å². The average Bonchev–Trinajstić information content (AvgIpc) is 2.57. The maximum atomic E-state index is 11.3. The predicted octanol–water partition coefficient (Wildman–Crippen LogP) is 2.38. The fourth-order valence-electron chi connectivity index (χ4n) is 1.69. The van der Waals surface area contributed by atoms with Crippen LogP contribution in [0.4, 0.5) is 5.69 Å². The van der Waals surface area contributed by atoms with E-state index < -0.39 is 4.92 Å². The van der Waals surface area contributed by atoms with Crippen LogP contribution in [0, 0.1) is 10.1 Å². The van der Waals surface area contributed by atoms with Gasteiger partial charge in [-0.05, 0) is 24.7 Å². The molecule has 0 radical (unpaired) electrons. The Hall–Kier alpha value is -2.68. The van der Waals surface area contributed by atoms with E-state index in [1.165, 1.54) is 19.4 Å². The van der Waals surface area contributed by atoms with Crippen LogP contribution in [0.3, 0.4) is 0 Å². The van der Waals surface area contributed by atoms with Gasteiger partial charge >= 0.3 is 5.69 Å². The average molecular weight is 352 g/mol. The Balaban J connectivity index is 2.99. The lowest BCUT2D eigenvalue weighted by Crippen LogP contribution is -2.31. The molecule has 0 saturated heterocycles. The molecule has 0 aliphatic heterocycles. The highest BCUT2D eigenvalue weighted by atomic mass is 32.1. The first-order valence-corrected chi connectivity index (χ1v) is 7.61. The van der Waals surface area contributed by atoms with Crippen LogP contribution in [0.2, 0.25) is 0 Å². The number of methoxy groups -OCH3 is 1. The van der Waals surface area contributed by atoms with E-state index in [-0.39, 0.29) is 17.2 Å². The minimum atomic E-state index is -0.519. The number of nitrogens with zero attached hydrogens (tertiary/aromatic N) is 2. The molecule has 0 aliphatic carbocycles. The summed E-state index contributed by atoms with van der Waals surface area (Å²) in [5.41, 5.74) is 2.89. The van der Waals surface area contributed by atoms with Crippen molar-refractivity contribution in [2.45, 2.75) is 13.3 Å². The van der Waals surface area contributed by atoms with Crippen molar-refractivity contribution in [1.29, 1.82) is 0 Å². The highest BCUT2D eigenvalue weighted by Gasteiger charge is 2.21. The minimum absolute atomic E-state index is 0.109. The van der Waals surface area contributed by atoms with Crippen LogP contribution in [0.1, 0.15) is 18.9 Å². The topological polar surface area (TPSA) is 98.0 Å². The molecule has 1 aromatic carbocycles. The maximum Gasteiger partial charge on any atom is 0.315 e. The molecule has 0 amide bonds. The van der Waals surface area contributed by atoms with Crippen LogP contribution in [0.5, 0.6) is 11.5 Å². The lowest BCUT2D eigenvalue weighted by atomic mass is 10.2. The molecule has 1 rings (SSSR count). The summed E-state index contributed by atoms with van der Waals surface area (Å²) in [4.78, 5) is 10.8. The van der Waals surface area contributed by atoms with E-state index in [2.05, 4.69) is 22.4 Å². The molecule has 0 saturated carbocycles. The molecule has 1 aromatic rings. The first-order chi connectivity index (χ1) is 11.5. The summed E-state index contributed by atoms with van der Waals surface area (Å²) in [6.07, 6.45) is 3.78. The molecule has 0 spiro atoms. The van der Waals surface area contributed by atoms with Crippen LogP contribution in [-0.2, 0) is 0 Å². The van der Waals surface area contributed by atoms with E-state index in [4.69, 9.17) is 21.7 Å². The standard InChI is InChI=1S/C15H20N4O4S/c1-4-6-16-15(24)18-17-10-11-8-12(19(20)21)14(23-7-5-2)13(9-11)22-3/h4,8-10H,1,5-7H2,2-3H3,(H2,16,18,24)/b17-10+. The Morgan fingerprint density at radius 1 is 1.54 bits per heavy atom. The molecule has 24 heavy (non-hydrogen) atoms. The van der Waals surface area contributed by atoms with Crippen molar-refractivity contribution in [1.82, 2.24) is 10.7 Å². The van der Waals surface area contributed by atoms with Crippen LogP contribution >= 0.6 is 12.2 Å². The second-order valence-electron chi connectivity index (χ2n) is 4.55. The van der Waals surface area contributed by atoms with Crippen molar-refractivity contribution in [3.05, 3.63) is 40.5 Å². The van der Waals surface area contributed by atoms with Gasteiger partial charge in [-0.15, -0.1) is 6.58 Å². The molecular formula is C15H20N4O4S. The fourth-order valence-corrected chi connectivity index (χ4v) is 1.83. The number of hydrogen-bond acceptors (Lipinski definition) is 6. The molecule has 0 unspecified atom stereocenters. The van der Waals surface area contributed by atoms with E-state index in [1.54, 1.807) is 12.1 Å². The van der Waals surface area contributed by atoms with Crippen LogP contribution in [0.25, 0.3) is 0 Å². The molecule has 9 heteroatoms. The summed E-state index contributed by atoms with van der Waals surface area (Å²) in [6.45, 7) is 6.33. The molecule has 0 heterocycles. The summed E-state index contributed by atoms with van der Waals surface area (Å²) in [6, 6.07) is 2.96. The Bertz CT molecular complexity index is 634. The third kappa shape index (κ3) is 5.84. The number of benzene rings is 1. The third-order valence-corrected chi connectivity index (χ3v) is 2.95. The van der Waals surface area contributed by atoms with Gasteiger partial charge in [0.25, 0.3) is 0 Å². The number of ether oxygens (including phenoxy) is 2. The quantitative estimate of drug-likeness (QED) is 0.231. The summed E-state index contributed by atoms with van der Waals surface area (Å²) in [5, 5.41) is 18.4. The number of rotatable bonds is 9. The molecule has 0 atom stereocenters. The maximum absolute atomic E-state index is 11.3. The van der Waals surface area contributed by atoms with Gasteiger partial charge < -0.3 is 14.8 Å². The lowest BCUT2D eigenvalue weighted by molar-refractivity contribution is -0.386. The van der Waals surface area contributed by atoms with Crippen molar-refractivity contribution in [3.63, 3.8) is 0 Å². The highest BCUT2D eigenvalue weighted by molar-refractivity contribution is 7.80. The summed E-state index contributed by atoms with van der Waals surface area (Å²) in [5.74, 6) is 0.379. The Morgan fingerprint density at radius 3 is 2.88 bits per heavy atom. The molecule has 130 valence electrons. The first kappa shape index (κ1) is 19.4. The van der Waals surface area contributed by atoms with Gasteiger partial charge in [0, 0.05) is 18.2 Å². The largest absolute Gasteiger partial charge is 0.493 e. The van der Waals surface area contributed by atoms with Crippen molar-refractivity contribution < 1.29 is 14.4 Å². The molecule has 0 fully saturated rings. The second-order valence-corrected chi connectivity index (χ2v) is 4.95. The SMILES string of the molecule is C=CCNC(=S)N/N=C/c1cc(OC)c(OCCC)c([N+](=O)[O-])c1. The van der Waals surface area contributed by atoms with Crippen molar-refractivity contribution in [3.8, 4) is 11.5 Å². The zero-order valence-electron chi connectivity index (χ0n) is 13.6. The monoisotopic (exact) mass is 352 g/mol. The Kier molecular flexibility index (Phi) is 8.20. The molecular weight excluding hydrogens is 332 g/mol. The second kappa shape index (κ2) is 10.2. The van der Waals surface area contributed by atoms with Gasteiger partial charge in [-0.2, -0.15) is 5.10 Å². The fraction of sp³-hybridized carbons (Fsp3) is 0.333. The van der Waals surface area contributed by atoms with Gasteiger partial charge in [0.1, 0.15) is 0 Å². The number of nitro groups is 1. The zero-order valence-corrected chi connectivity index (χ0v) is 14.4. The van der Waals surface area contributed by atoms with E-state index >= 15 is 0 Å². The van der Waals surface area contributed by atoms with Gasteiger partial charge in [0.05, 0.1) is 24.9 Å². The van der Waals surface area contributed by atoms with Crippen LogP contribution < -0.4 is 20.2 Å². The van der Waals surface area contributed by atoms with Gasteiger partial charge in [0.2, 0.25) is 5.75 Å². The molecule has 2 N–H and O–H groups in total.